The largest absolute Gasteiger partial charge is 0.145 e. The average Bonchev–Trinajstić information content (AvgIpc) is 1.69. The quantitative estimate of drug-likeness (QED) is 0.414. The second-order valence-electron chi connectivity index (χ2n) is 1.64. The van der Waals surface area contributed by atoms with Gasteiger partial charge in [0.15, 0.2) is 0 Å². The minimum absolute atomic E-state index is 1.19. The van der Waals surface area contributed by atoms with Crippen molar-refractivity contribution < 1.29 is 0 Å². The van der Waals surface area contributed by atoms with E-state index in [-0.39, 0.29) is 0 Å². The van der Waals surface area contributed by atoms with Gasteiger partial charge in [0.05, 0.1) is 0 Å². The minimum atomic E-state index is 1.19. The van der Waals surface area contributed by atoms with Crippen LogP contribution in [0, 0.1) is 0 Å². The maximum absolute atomic E-state index is 3.41. The maximum Gasteiger partial charge on any atom is 0.145 e. The van der Waals surface area contributed by atoms with Crippen molar-refractivity contribution in [2.24, 2.45) is 0 Å². The molecule has 1 rings (SSSR count). The Kier molecular flexibility index (Phi) is 1.58. The molecule has 0 heterocycles. The molecule has 0 bridgehead atoms. The van der Waals surface area contributed by atoms with Gasteiger partial charge in [-0.2, -0.15) is 0 Å². The van der Waals surface area contributed by atoms with Crippen molar-refractivity contribution in [2.75, 3.05) is 0 Å². The van der Waals surface area contributed by atoms with Gasteiger partial charge in [-0.15, -0.1) is 0 Å². The first-order valence-corrected chi connectivity index (χ1v) is 2.98. The van der Waals surface area contributed by atoms with Gasteiger partial charge >= 0.3 is 0 Å². The van der Waals surface area contributed by atoms with Gasteiger partial charge in [-0.25, -0.2) is 0 Å². The van der Waals surface area contributed by atoms with E-state index in [0.29, 0.717) is 0 Å². The molecule has 0 N–H and O–H groups in total. The lowest BCUT2D eigenvalue weighted by Gasteiger charge is -1.91. The van der Waals surface area contributed by atoms with Gasteiger partial charge in [-0.3, -0.25) is 0 Å². The van der Waals surface area contributed by atoms with Crippen LogP contribution < -0.4 is 0 Å². The van der Waals surface area contributed by atoms with E-state index in [1.807, 2.05) is 0 Å². The summed E-state index contributed by atoms with van der Waals surface area (Å²) in [7, 11) is 0. The molecule has 0 aliphatic heterocycles. The number of hydrogen-bond acceptors (Lipinski definition) is 0. The summed E-state index contributed by atoms with van der Waals surface area (Å²) in [6.07, 6.45) is 8.82. The topological polar surface area (TPSA) is 0 Å². The van der Waals surface area contributed by atoms with Gasteiger partial charge in [-0.05, 0) is 37.6 Å². The van der Waals surface area contributed by atoms with Crippen molar-refractivity contribution in [3.05, 3.63) is 23.1 Å². The average molecular weight is 113 g/mol. The summed E-state index contributed by atoms with van der Waals surface area (Å²) in [6, 6.07) is 0. The van der Waals surface area contributed by atoms with Crippen molar-refractivity contribution in [1.82, 2.24) is 0 Å². The Labute approximate surface area is 49.3 Å². The summed E-state index contributed by atoms with van der Waals surface area (Å²) in [5.41, 5.74) is 0. The van der Waals surface area contributed by atoms with Crippen molar-refractivity contribution in [3.8, 4) is 0 Å². The van der Waals surface area contributed by atoms with Crippen molar-refractivity contribution >= 4 is 12.6 Å². The first-order chi connectivity index (χ1) is 3.39. The van der Waals surface area contributed by atoms with Gasteiger partial charge in [0.2, 0.25) is 0 Å². The molecular formula is C6H9S+. The predicted molar refractivity (Wildman–Crippen MR) is 36.6 cm³/mol. The highest BCUT2D eigenvalue weighted by Crippen LogP contribution is 2.06. The van der Waals surface area contributed by atoms with Crippen molar-refractivity contribution in [3.63, 3.8) is 0 Å². The highest BCUT2D eigenvalue weighted by Gasteiger charge is 1.92. The molecule has 0 radical (unpaired) electrons. The van der Waals surface area contributed by atoms with Crippen LogP contribution in [0.5, 0.6) is 0 Å². The fourth-order valence-corrected chi connectivity index (χ4v) is 0.876. The molecule has 0 nitrogen and oxygen atoms in total. The van der Waals surface area contributed by atoms with Gasteiger partial charge in [0.25, 0.3) is 0 Å². The zero-order valence-corrected chi connectivity index (χ0v) is 5.15. The molecule has 0 atom stereocenters. The summed E-state index contributed by atoms with van der Waals surface area (Å²) in [5, 5.41) is 0. The molecule has 0 unspecified atom stereocenters. The second-order valence-corrected chi connectivity index (χ2v) is 2.22. The Hall–Kier alpha value is -0.170. The molecule has 0 aromatic carbocycles. The van der Waals surface area contributed by atoms with Crippen LogP contribution in [0.15, 0.2) is 23.1 Å². The Morgan fingerprint density at radius 2 is 2.29 bits per heavy atom. The van der Waals surface area contributed by atoms with Crippen LogP contribution in [0.2, 0.25) is 0 Å². The lowest BCUT2D eigenvalue weighted by Crippen LogP contribution is -1.77. The zero-order chi connectivity index (χ0) is 5.11. The third-order valence-electron chi connectivity index (χ3n) is 0.995. The summed E-state index contributed by atoms with van der Waals surface area (Å²) in [6.45, 7) is 0. The zero-order valence-electron chi connectivity index (χ0n) is 4.15. The summed E-state index contributed by atoms with van der Waals surface area (Å²) in [4.78, 5) is 1.21. The molecule has 0 fully saturated rings. The first-order valence-electron chi connectivity index (χ1n) is 2.48. The maximum atomic E-state index is 3.41. The highest BCUT2D eigenvalue weighted by atomic mass is 32.1. The van der Waals surface area contributed by atoms with Gasteiger partial charge in [0, 0.05) is 0 Å². The van der Waals surface area contributed by atoms with Crippen LogP contribution in [0.4, 0.5) is 0 Å². The normalized spacial score (nSPS) is 19.3. The van der Waals surface area contributed by atoms with E-state index in [1.54, 1.807) is 0 Å². The first kappa shape index (κ1) is 4.98. The summed E-state index contributed by atoms with van der Waals surface area (Å²) < 4.78 is 0. The Bertz CT molecular complexity index is 111. The molecule has 1 heteroatoms. The molecule has 38 valence electrons. The monoisotopic (exact) mass is 113 g/mol. The van der Waals surface area contributed by atoms with E-state index < -0.39 is 0 Å². The molecule has 7 heavy (non-hydrogen) atoms. The molecule has 1 aliphatic rings. The van der Waals surface area contributed by atoms with Crippen LogP contribution in [-0.2, 0) is 12.6 Å². The van der Waals surface area contributed by atoms with Gasteiger partial charge in [0.1, 0.15) is 4.91 Å². The molecule has 0 saturated heterocycles. The molecule has 0 spiro atoms. The molecule has 0 amide bonds. The molecule has 0 aromatic rings. The van der Waals surface area contributed by atoms with Crippen LogP contribution in [0.1, 0.15) is 12.8 Å². The van der Waals surface area contributed by atoms with Crippen LogP contribution in [0.3, 0.4) is 0 Å². The highest BCUT2D eigenvalue weighted by molar-refractivity contribution is 7.63. The SMILES string of the molecule is [SH2+]C1=CCCC=C1. The second kappa shape index (κ2) is 2.22. The van der Waals surface area contributed by atoms with E-state index >= 15 is 0 Å². The Balaban J connectivity index is 2.58. The van der Waals surface area contributed by atoms with Crippen molar-refractivity contribution in [2.45, 2.75) is 12.8 Å². The summed E-state index contributed by atoms with van der Waals surface area (Å²) in [5.74, 6) is 0. The van der Waals surface area contributed by atoms with Crippen LogP contribution in [-0.4, -0.2) is 0 Å². The smallest absolute Gasteiger partial charge is 0.0793 e. The molecule has 0 saturated carbocycles. The minimum Gasteiger partial charge on any atom is -0.0793 e. The fraction of sp³-hybridized carbons (Fsp3) is 0.333. The lowest BCUT2D eigenvalue weighted by atomic mass is 10.2. The fourth-order valence-electron chi connectivity index (χ4n) is 0.613. The third kappa shape index (κ3) is 1.39. The van der Waals surface area contributed by atoms with Crippen LogP contribution >= 0.6 is 0 Å². The molecule has 0 aromatic heterocycles. The van der Waals surface area contributed by atoms with Crippen molar-refractivity contribution in [1.29, 1.82) is 0 Å². The van der Waals surface area contributed by atoms with Gasteiger partial charge in [-0.1, -0.05) is 6.08 Å². The number of allylic oxidation sites excluding steroid dienone is 3. The molecular weight excluding hydrogens is 104 g/mol. The van der Waals surface area contributed by atoms with E-state index in [2.05, 4.69) is 30.9 Å². The Morgan fingerprint density at radius 1 is 1.43 bits per heavy atom. The molecule has 1 aliphatic carbocycles. The lowest BCUT2D eigenvalue weighted by molar-refractivity contribution is 1.03. The van der Waals surface area contributed by atoms with E-state index in [4.69, 9.17) is 0 Å². The third-order valence-corrected chi connectivity index (χ3v) is 1.37. The van der Waals surface area contributed by atoms with E-state index in [0.717, 1.165) is 0 Å². The number of rotatable bonds is 0. The number of hydrogen-bond donors (Lipinski definition) is 0. The van der Waals surface area contributed by atoms with E-state index in [9.17, 15) is 0 Å². The Morgan fingerprint density at radius 3 is 2.57 bits per heavy atom. The van der Waals surface area contributed by atoms with Crippen LogP contribution in [0.25, 0.3) is 0 Å². The standard InChI is InChI=1S/C6H8S/c7-6-4-2-1-3-5-6/h2,4-5,7H,1,3H2/p+1. The van der Waals surface area contributed by atoms with Gasteiger partial charge < -0.3 is 0 Å². The van der Waals surface area contributed by atoms with E-state index in [1.165, 1.54) is 17.7 Å². The summed E-state index contributed by atoms with van der Waals surface area (Å²) >= 11 is 3.41. The predicted octanol–water partition coefficient (Wildman–Crippen LogP) is 1.23.